The molecule has 0 radical (unpaired) electrons. The van der Waals surface area contributed by atoms with Crippen LogP contribution in [-0.4, -0.2) is 164 Å². The quantitative estimate of drug-likeness (QED) is 0.161. The van der Waals surface area contributed by atoms with Crippen molar-refractivity contribution in [3.8, 4) is 0 Å². The Labute approximate surface area is 359 Å². The lowest BCUT2D eigenvalue weighted by atomic mass is 9.47. The van der Waals surface area contributed by atoms with Crippen molar-refractivity contribution in [2.45, 2.75) is 209 Å². The molecule has 0 aromatic heterocycles. The van der Waals surface area contributed by atoms with Crippen LogP contribution in [0.15, 0.2) is 11.6 Å². The van der Waals surface area contributed by atoms with Gasteiger partial charge in [0.2, 0.25) is 0 Å². The molecule has 5 saturated heterocycles. The number of rotatable bonds is 7. The van der Waals surface area contributed by atoms with Crippen LogP contribution >= 0.6 is 0 Å². The van der Waals surface area contributed by atoms with E-state index in [0.717, 1.165) is 32.2 Å². The van der Waals surface area contributed by atoms with Crippen LogP contribution in [0.1, 0.15) is 99.3 Å². The van der Waals surface area contributed by atoms with E-state index in [1.807, 2.05) is 0 Å². The van der Waals surface area contributed by atoms with E-state index in [1.165, 1.54) is 38.7 Å². The Kier molecular flexibility index (Phi) is 12.4. The van der Waals surface area contributed by atoms with Gasteiger partial charge in [0.15, 0.2) is 18.9 Å². The minimum absolute atomic E-state index is 0.00472. The van der Waals surface area contributed by atoms with Crippen molar-refractivity contribution in [2.75, 3.05) is 13.2 Å². The van der Waals surface area contributed by atoms with E-state index in [1.54, 1.807) is 0 Å². The van der Waals surface area contributed by atoms with Gasteiger partial charge in [0.1, 0.15) is 66.8 Å². The van der Waals surface area contributed by atoms with Crippen LogP contribution in [-0.2, 0) is 33.2 Å². The van der Waals surface area contributed by atoms with Gasteiger partial charge >= 0.3 is 0 Å². The SMILES string of the molecule is C[C@@H]1CC[C@]2(NC1)O[C@@H]1C[C@@H]3[C@H]4CC=C5C[C@@H](O[C@@H]6O[C@H](CO)[C@@H](O[C@@H]7O[C@@H](C)[C@H](O)[C@@H](O)[C@H]7O)[C@H](O)[C@H]6O[C@@H]6O[C@@H](C)[C@H](O)[C@@H](O)[C@H]6O)CC[C@]5(C)[C@@H]4CC[C@]3(C)[C@@H]1[C@@H]2C. The van der Waals surface area contributed by atoms with E-state index < -0.39 is 98.7 Å². The maximum absolute atomic E-state index is 12.0. The molecule has 8 fully saturated rings. The minimum Gasteiger partial charge on any atom is -0.394 e. The Bertz CT molecular complexity index is 1600. The fourth-order valence-corrected chi connectivity index (χ4v) is 14.2. The molecule has 61 heavy (non-hydrogen) atoms. The van der Waals surface area contributed by atoms with Gasteiger partial charge in [-0.1, -0.05) is 39.3 Å². The third-order valence-corrected chi connectivity index (χ3v) is 17.9. The van der Waals surface area contributed by atoms with E-state index in [0.29, 0.717) is 54.5 Å². The van der Waals surface area contributed by atoms with Crippen molar-refractivity contribution < 1.29 is 74.0 Å². The molecule has 3 saturated carbocycles. The monoisotopic (exact) mass is 867 g/mol. The second-order valence-corrected chi connectivity index (χ2v) is 21.2. The molecule has 16 heteroatoms. The summed E-state index contributed by atoms with van der Waals surface area (Å²) in [5, 5.41) is 89.8. The molecule has 26 atom stereocenters. The molecule has 0 aromatic carbocycles. The maximum Gasteiger partial charge on any atom is 0.187 e. The summed E-state index contributed by atoms with van der Waals surface area (Å²) in [4.78, 5) is 0. The molecule has 5 heterocycles. The molecule has 348 valence electrons. The summed E-state index contributed by atoms with van der Waals surface area (Å²) < 4.78 is 43.7. The number of nitrogens with one attached hydrogen (secondary N) is 1. The molecule has 0 bridgehead atoms. The van der Waals surface area contributed by atoms with Crippen LogP contribution in [0.5, 0.6) is 0 Å². The predicted molar refractivity (Wildman–Crippen MR) is 215 cm³/mol. The van der Waals surface area contributed by atoms with Crippen molar-refractivity contribution in [3.05, 3.63) is 11.6 Å². The molecule has 0 amide bonds. The smallest absolute Gasteiger partial charge is 0.187 e. The number of ether oxygens (including phenoxy) is 7. The first-order chi connectivity index (χ1) is 28.9. The summed E-state index contributed by atoms with van der Waals surface area (Å²) in [5.41, 5.74) is 1.41. The highest BCUT2D eigenvalue weighted by atomic mass is 16.8. The van der Waals surface area contributed by atoms with Gasteiger partial charge in [0.05, 0.1) is 31.0 Å². The molecule has 9 aliphatic rings. The van der Waals surface area contributed by atoms with Gasteiger partial charge in [-0.3, -0.25) is 5.32 Å². The van der Waals surface area contributed by atoms with Gasteiger partial charge in [-0.2, -0.15) is 0 Å². The van der Waals surface area contributed by atoms with E-state index in [9.17, 15) is 40.9 Å². The topological polar surface area (TPSA) is 238 Å². The highest BCUT2D eigenvalue weighted by molar-refractivity contribution is 5.26. The lowest BCUT2D eigenvalue weighted by molar-refractivity contribution is -0.388. The zero-order valence-corrected chi connectivity index (χ0v) is 36.6. The Morgan fingerprint density at radius 3 is 1.98 bits per heavy atom. The van der Waals surface area contributed by atoms with Crippen LogP contribution in [0.3, 0.4) is 0 Å². The first-order valence-corrected chi connectivity index (χ1v) is 23.3. The van der Waals surface area contributed by atoms with Gasteiger partial charge in [-0.15, -0.1) is 0 Å². The first kappa shape index (κ1) is 45.3. The molecule has 16 nitrogen and oxygen atoms in total. The van der Waals surface area contributed by atoms with Crippen molar-refractivity contribution in [1.29, 1.82) is 0 Å². The van der Waals surface area contributed by atoms with Crippen LogP contribution < -0.4 is 5.32 Å². The fourth-order valence-electron chi connectivity index (χ4n) is 14.2. The zero-order valence-electron chi connectivity index (χ0n) is 36.6. The average molecular weight is 868 g/mol. The first-order valence-electron chi connectivity index (χ1n) is 23.3. The Balaban J connectivity index is 0.916. The number of aliphatic hydroxyl groups excluding tert-OH is 8. The van der Waals surface area contributed by atoms with Crippen LogP contribution in [0.2, 0.25) is 0 Å². The second kappa shape index (κ2) is 16.8. The summed E-state index contributed by atoms with van der Waals surface area (Å²) in [6.45, 7) is 13.2. The van der Waals surface area contributed by atoms with Crippen molar-refractivity contribution in [2.24, 2.45) is 46.3 Å². The van der Waals surface area contributed by atoms with E-state index in [2.05, 4.69) is 39.1 Å². The van der Waals surface area contributed by atoms with Gasteiger partial charge in [0, 0.05) is 12.5 Å². The zero-order chi connectivity index (χ0) is 43.5. The number of fused-ring (bicyclic) bond motifs is 7. The lowest BCUT2D eigenvalue weighted by Gasteiger charge is -2.59. The summed E-state index contributed by atoms with van der Waals surface area (Å²) in [5.74, 6) is 3.43. The lowest BCUT2D eigenvalue weighted by Crippen LogP contribution is -2.66. The summed E-state index contributed by atoms with van der Waals surface area (Å²) in [7, 11) is 0. The second-order valence-electron chi connectivity index (χ2n) is 21.2. The average Bonchev–Trinajstić information content (AvgIpc) is 3.69. The van der Waals surface area contributed by atoms with E-state index in [-0.39, 0.29) is 22.7 Å². The molecule has 4 aliphatic carbocycles. The molecule has 0 aromatic rings. The Hall–Kier alpha value is -0.900. The highest BCUT2D eigenvalue weighted by Gasteiger charge is 2.68. The fraction of sp³-hybridized carbons (Fsp3) is 0.956. The third-order valence-electron chi connectivity index (χ3n) is 17.9. The molecule has 1 spiro atoms. The van der Waals surface area contributed by atoms with E-state index >= 15 is 0 Å². The van der Waals surface area contributed by atoms with Gasteiger partial charge in [-0.25, -0.2) is 0 Å². The van der Waals surface area contributed by atoms with Crippen molar-refractivity contribution >= 4 is 0 Å². The standard InChI is InChI=1S/C45H73NO15/c1-19-9-14-45(46-17-19)20(2)30-28(61-45)16-27-25-8-7-23-15-24(10-12-43(23,5)26(25)11-13-44(27,30)6)57-42-39(60-41-36(53)34(51)32(49)22(4)56-41)37(54)38(29(18-47)58-42)59-40-35(52)33(50)31(48)21(3)55-40/h7,19-22,24-42,46-54H,8-18H2,1-6H3/t19-,20+,21+,22+,24+,25+,26-,27-,28-,29-,30-,31+,32+,33-,34-,35-,36-,37+,38-,39-,40+,41+,42-,43+,44+,45+/m1/s1. The number of piperidine rings is 1. The number of allylic oxidation sites excluding steroid dienone is 1. The largest absolute Gasteiger partial charge is 0.394 e. The third kappa shape index (κ3) is 7.42. The normalized spacial score (nSPS) is 58.4. The summed E-state index contributed by atoms with van der Waals surface area (Å²) in [6, 6.07) is 0. The molecule has 0 unspecified atom stereocenters. The van der Waals surface area contributed by atoms with Gasteiger partial charge in [0.25, 0.3) is 0 Å². The number of hydrogen-bond acceptors (Lipinski definition) is 16. The number of hydrogen-bond donors (Lipinski definition) is 9. The van der Waals surface area contributed by atoms with Crippen LogP contribution in [0.4, 0.5) is 0 Å². The van der Waals surface area contributed by atoms with Crippen molar-refractivity contribution in [3.63, 3.8) is 0 Å². The highest BCUT2D eigenvalue weighted by Crippen LogP contribution is 2.70. The minimum atomic E-state index is -1.70. The molecule has 9 N–H and O–H groups in total. The van der Waals surface area contributed by atoms with Gasteiger partial charge < -0.3 is 74.0 Å². The number of aliphatic hydroxyl groups is 8. The van der Waals surface area contributed by atoms with Gasteiger partial charge in [-0.05, 0) is 112 Å². The molecule has 9 rings (SSSR count). The van der Waals surface area contributed by atoms with Crippen LogP contribution in [0, 0.1) is 46.3 Å². The Morgan fingerprint density at radius 1 is 0.705 bits per heavy atom. The van der Waals surface area contributed by atoms with Crippen molar-refractivity contribution in [1.82, 2.24) is 5.32 Å². The summed E-state index contributed by atoms with van der Waals surface area (Å²) >= 11 is 0. The molecular weight excluding hydrogens is 794 g/mol. The Morgan fingerprint density at radius 2 is 1.36 bits per heavy atom. The molecular formula is C45H73NO15. The predicted octanol–water partition coefficient (Wildman–Crippen LogP) is 0.815. The van der Waals surface area contributed by atoms with E-state index in [4.69, 9.17) is 33.2 Å². The van der Waals surface area contributed by atoms with Crippen LogP contribution in [0.25, 0.3) is 0 Å². The maximum atomic E-state index is 12.0. The molecule has 5 aliphatic heterocycles. The summed E-state index contributed by atoms with van der Waals surface area (Å²) in [6.07, 6.45) is -9.93.